The molecule has 3 aromatic rings. The van der Waals surface area contributed by atoms with Crippen LogP contribution in [-0.4, -0.2) is 47.6 Å². The van der Waals surface area contributed by atoms with E-state index in [1.807, 2.05) is 31.3 Å². The second-order valence-electron chi connectivity index (χ2n) is 7.34. The lowest BCUT2D eigenvalue weighted by Gasteiger charge is -2.20. The normalized spacial score (nSPS) is 14.1. The van der Waals surface area contributed by atoms with Gasteiger partial charge in [0.2, 0.25) is 5.91 Å². The molecule has 1 N–H and O–H groups in total. The Hall–Kier alpha value is -3.04. The highest BCUT2D eigenvalue weighted by Gasteiger charge is 2.19. The summed E-state index contributed by atoms with van der Waals surface area (Å²) in [7, 11) is 0. The van der Waals surface area contributed by atoms with Gasteiger partial charge in [-0.05, 0) is 25.1 Å². The van der Waals surface area contributed by atoms with E-state index in [2.05, 4.69) is 14.9 Å². The third-order valence-electron chi connectivity index (χ3n) is 5.21. The van der Waals surface area contributed by atoms with Crippen molar-refractivity contribution in [3.05, 3.63) is 41.6 Å². The highest BCUT2D eigenvalue weighted by Crippen LogP contribution is 2.38. The molecule has 0 atom stereocenters. The molecule has 1 amide bonds. The van der Waals surface area contributed by atoms with Crippen molar-refractivity contribution in [3.63, 3.8) is 0 Å². The van der Waals surface area contributed by atoms with Crippen LogP contribution in [0.15, 0.2) is 41.7 Å². The van der Waals surface area contributed by atoms with Gasteiger partial charge in [-0.2, -0.15) is 0 Å². The number of rotatable bonds is 6. The Morgan fingerprint density at radius 1 is 1.03 bits per heavy atom. The van der Waals surface area contributed by atoms with Gasteiger partial charge in [-0.3, -0.25) is 4.79 Å². The number of nitrogens with one attached hydrogen (secondary N) is 1. The van der Waals surface area contributed by atoms with Crippen molar-refractivity contribution in [2.24, 2.45) is 0 Å². The smallest absolute Gasteiger partial charge is 0.234 e. The van der Waals surface area contributed by atoms with E-state index in [-0.39, 0.29) is 11.7 Å². The minimum atomic E-state index is -0.190. The molecule has 0 radical (unpaired) electrons. The molecule has 0 saturated carbocycles. The van der Waals surface area contributed by atoms with Gasteiger partial charge in [0.05, 0.1) is 28.4 Å². The van der Waals surface area contributed by atoms with Crippen molar-refractivity contribution in [2.75, 3.05) is 37.5 Å². The fraction of sp³-hybridized carbons (Fsp3) is 0.304. The standard InChI is InChI=1S/C23H22ClN3O5S/c1-2-27-17(14-3-4-18-19(9-14)30-6-5-29-18)12-25-23(27)33-13-22(28)26-16-11-21-20(10-15(16)24)31-7-8-32-21/h3-4,9-12H,2,5-8,13H2,1H3,(H,26,28). The van der Waals surface area contributed by atoms with E-state index >= 15 is 0 Å². The molecule has 0 bridgehead atoms. The molecule has 0 aliphatic carbocycles. The van der Waals surface area contributed by atoms with Gasteiger partial charge in [-0.1, -0.05) is 23.4 Å². The molecular formula is C23H22ClN3O5S. The van der Waals surface area contributed by atoms with E-state index < -0.39 is 0 Å². The van der Waals surface area contributed by atoms with Gasteiger partial charge in [-0.15, -0.1) is 0 Å². The number of anilines is 1. The molecule has 2 aliphatic heterocycles. The molecule has 10 heteroatoms. The van der Waals surface area contributed by atoms with Crippen LogP contribution in [0.3, 0.4) is 0 Å². The summed E-state index contributed by atoms with van der Waals surface area (Å²) >= 11 is 7.66. The van der Waals surface area contributed by atoms with Gasteiger partial charge in [0.15, 0.2) is 28.2 Å². The number of imidazole rings is 1. The zero-order valence-corrected chi connectivity index (χ0v) is 19.5. The zero-order chi connectivity index (χ0) is 22.8. The van der Waals surface area contributed by atoms with Gasteiger partial charge in [0.25, 0.3) is 0 Å². The number of hydrogen-bond donors (Lipinski definition) is 1. The van der Waals surface area contributed by atoms with Crippen molar-refractivity contribution in [2.45, 2.75) is 18.6 Å². The molecule has 3 heterocycles. The molecule has 0 fully saturated rings. The fourth-order valence-electron chi connectivity index (χ4n) is 3.69. The number of nitrogens with zero attached hydrogens (tertiary/aromatic N) is 2. The van der Waals surface area contributed by atoms with Crippen LogP contribution in [0.4, 0.5) is 5.69 Å². The SMILES string of the molecule is CCn1c(-c2ccc3c(c2)OCCO3)cnc1SCC(=O)Nc1cc2c(cc1Cl)OCCO2. The Morgan fingerprint density at radius 2 is 1.70 bits per heavy atom. The molecule has 0 saturated heterocycles. The third-order valence-corrected chi connectivity index (χ3v) is 6.51. The summed E-state index contributed by atoms with van der Waals surface area (Å²) in [5.41, 5.74) is 2.42. The van der Waals surface area contributed by atoms with E-state index in [4.69, 9.17) is 30.5 Å². The quantitative estimate of drug-likeness (QED) is 0.512. The van der Waals surface area contributed by atoms with Crippen LogP contribution in [0, 0.1) is 0 Å². The van der Waals surface area contributed by atoms with Gasteiger partial charge in [-0.25, -0.2) is 4.98 Å². The Kier molecular flexibility index (Phi) is 6.24. The van der Waals surface area contributed by atoms with Crippen molar-refractivity contribution in [1.29, 1.82) is 0 Å². The molecule has 5 rings (SSSR count). The molecule has 2 aromatic carbocycles. The number of aromatic nitrogens is 2. The minimum Gasteiger partial charge on any atom is -0.486 e. The lowest BCUT2D eigenvalue weighted by atomic mass is 10.1. The van der Waals surface area contributed by atoms with E-state index in [1.54, 1.807) is 12.1 Å². The van der Waals surface area contributed by atoms with Gasteiger partial charge in [0.1, 0.15) is 26.4 Å². The van der Waals surface area contributed by atoms with Crippen LogP contribution in [-0.2, 0) is 11.3 Å². The number of ether oxygens (including phenoxy) is 4. The van der Waals surface area contributed by atoms with E-state index in [0.717, 1.165) is 27.9 Å². The molecule has 1 aromatic heterocycles. The molecule has 8 nitrogen and oxygen atoms in total. The summed E-state index contributed by atoms with van der Waals surface area (Å²) in [6, 6.07) is 9.20. The summed E-state index contributed by atoms with van der Waals surface area (Å²) in [4.78, 5) is 17.2. The Balaban J connectivity index is 1.28. The Morgan fingerprint density at radius 3 is 2.42 bits per heavy atom. The second kappa shape index (κ2) is 9.44. The number of benzene rings is 2. The number of thioether (sulfide) groups is 1. The molecule has 33 heavy (non-hydrogen) atoms. The van der Waals surface area contributed by atoms with Crippen molar-refractivity contribution in [1.82, 2.24) is 9.55 Å². The average molecular weight is 488 g/mol. The summed E-state index contributed by atoms with van der Waals surface area (Å²) in [5.74, 6) is 2.62. The molecule has 172 valence electrons. The minimum absolute atomic E-state index is 0.183. The molecular weight excluding hydrogens is 466 g/mol. The lowest BCUT2D eigenvalue weighted by Crippen LogP contribution is -2.17. The molecule has 2 aliphatic rings. The lowest BCUT2D eigenvalue weighted by molar-refractivity contribution is -0.113. The second-order valence-corrected chi connectivity index (χ2v) is 8.69. The monoisotopic (exact) mass is 487 g/mol. The largest absolute Gasteiger partial charge is 0.486 e. The third kappa shape index (κ3) is 4.56. The summed E-state index contributed by atoms with van der Waals surface area (Å²) in [5, 5.41) is 4.00. The number of halogens is 1. The van der Waals surface area contributed by atoms with Crippen molar-refractivity contribution >= 4 is 35.0 Å². The Bertz CT molecular complexity index is 1200. The van der Waals surface area contributed by atoms with E-state index in [9.17, 15) is 4.79 Å². The first kappa shape index (κ1) is 21.8. The van der Waals surface area contributed by atoms with Crippen molar-refractivity contribution < 1.29 is 23.7 Å². The maximum atomic E-state index is 12.6. The first-order valence-corrected chi connectivity index (χ1v) is 12.0. The predicted molar refractivity (Wildman–Crippen MR) is 126 cm³/mol. The number of amides is 1. The first-order valence-electron chi connectivity index (χ1n) is 10.6. The van der Waals surface area contributed by atoms with E-state index in [0.29, 0.717) is 55.2 Å². The summed E-state index contributed by atoms with van der Waals surface area (Å²) < 4.78 is 24.5. The van der Waals surface area contributed by atoms with Crippen LogP contribution >= 0.6 is 23.4 Å². The van der Waals surface area contributed by atoms with Crippen LogP contribution < -0.4 is 24.3 Å². The first-order chi connectivity index (χ1) is 16.1. The predicted octanol–water partition coefficient (Wildman–Crippen LogP) is 4.50. The van der Waals surface area contributed by atoms with Gasteiger partial charge in [0, 0.05) is 24.2 Å². The number of fused-ring (bicyclic) bond motifs is 2. The van der Waals surface area contributed by atoms with Gasteiger partial charge >= 0.3 is 0 Å². The topological polar surface area (TPSA) is 83.8 Å². The highest BCUT2D eigenvalue weighted by molar-refractivity contribution is 7.99. The fourth-order valence-corrected chi connectivity index (χ4v) is 4.73. The van der Waals surface area contributed by atoms with E-state index in [1.165, 1.54) is 11.8 Å². The maximum Gasteiger partial charge on any atom is 0.234 e. The van der Waals surface area contributed by atoms with Gasteiger partial charge < -0.3 is 28.8 Å². The van der Waals surface area contributed by atoms with Crippen LogP contribution in [0.2, 0.25) is 5.02 Å². The Labute approximate surface area is 200 Å². The van der Waals surface area contributed by atoms with Crippen LogP contribution in [0.5, 0.6) is 23.0 Å². The number of carbonyl (C=O) groups is 1. The van der Waals surface area contributed by atoms with Crippen LogP contribution in [0.25, 0.3) is 11.3 Å². The average Bonchev–Trinajstić information content (AvgIpc) is 3.26. The molecule has 0 unspecified atom stereocenters. The van der Waals surface area contributed by atoms with Crippen LogP contribution in [0.1, 0.15) is 6.92 Å². The number of carbonyl (C=O) groups excluding carboxylic acids is 1. The maximum absolute atomic E-state index is 12.6. The highest BCUT2D eigenvalue weighted by atomic mass is 35.5. The summed E-state index contributed by atoms with van der Waals surface area (Å²) in [6.07, 6.45) is 1.81. The molecule has 0 spiro atoms. The summed E-state index contributed by atoms with van der Waals surface area (Å²) in [6.45, 7) is 4.78. The van der Waals surface area contributed by atoms with Crippen molar-refractivity contribution in [3.8, 4) is 34.3 Å². The number of hydrogen-bond acceptors (Lipinski definition) is 7. The zero-order valence-electron chi connectivity index (χ0n) is 17.9.